The summed E-state index contributed by atoms with van der Waals surface area (Å²) in [7, 11) is 0. The summed E-state index contributed by atoms with van der Waals surface area (Å²) in [4.78, 5) is 28.8. The van der Waals surface area contributed by atoms with Crippen LogP contribution < -0.4 is 5.43 Å². The third kappa shape index (κ3) is 2.86. The molecule has 0 N–H and O–H groups in total. The minimum Gasteiger partial charge on any atom is -0.463 e. The Morgan fingerprint density at radius 3 is 2.64 bits per heavy atom. The number of rotatable bonds is 2. The van der Waals surface area contributed by atoms with Gasteiger partial charge in [0.05, 0.1) is 10.9 Å². The third-order valence-corrected chi connectivity index (χ3v) is 3.93. The normalized spacial score (nSPS) is 15.5. The largest absolute Gasteiger partial charge is 0.463 e. The monoisotopic (exact) mass is 351 g/mol. The molecule has 1 aliphatic heterocycles. The van der Waals surface area contributed by atoms with Gasteiger partial charge in [-0.1, -0.05) is 29.8 Å². The summed E-state index contributed by atoms with van der Waals surface area (Å²) in [5, 5.41) is 0.759. The smallest absolute Gasteiger partial charge is 0.363 e. The van der Waals surface area contributed by atoms with Crippen LogP contribution in [0, 0.1) is 0 Å². The van der Waals surface area contributed by atoms with E-state index in [4.69, 9.17) is 20.8 Å². The van der Waals surface area contributed by atoms with E-state index in [1.165, 1.54) is 18.4 Å². The number of esters is 1. The molecule has 0 saturated heterocycles. The van der Waals surface area contributed by atoms with Crippen molar-refractivity contribution >= 4 is 40.5 Å². The lowest BCUT2D eigenvalue weighted by molar-refractivity contribution is -0.129. The Hall–Kier alpha value is -3.18. The fourth-order valence-corrected chi connectivity index (χ4v) is 2.65. The summed E-state index contributed by atoms with van der Waals surface area (Å²) >= 11 is 5.93. The Morgan fingerprint density at radius 2 is 1.84 bits per heavy atom. The SMILES string of the molecule is O=C1OC(c2ccccc2)=N/C1=C\c1coc2ccc(Cl)cc2c1=O. The Bertz CT molecular complexity index is 1110. The summed E-state index contributed by atoms with van der Waals surface area (Å²) in [6, 6.07) is 13.8. The van der Waals surface area contributed by atoms with E-state index in [0.29, 0.717) is 21.6 Å². The van der Waals surface area contributed by atoms with Crippen molar-refractivity contribution in [3.8, 4) is 0 Å². The van der Waals surface area contributed by atoms with Gasteiger partial charge in [-0.05, 0) is 36.4 Å². The Kier molecular flexibility index (Phi) is 3.71. The highest BCUT2D eigenvalue weighted by Crippen LogP contribution is 2.21. The van der Waals surface area contributed by atoms with E-state index in [0.717, 1.165) is 0 Å². The number of hydrogen-bond acceptors (Lipinski definition) is 5. The first-order valence-electron chi connectivity index (χ1n) is 7.41. The molecule has 3 aromatic rings. The highest BCUT2D eigenvalue weighted by atomic mass is 35.5. The van der Waals surface area contributed by atoms with Gasteiger partial charge in [0.1, 0.15) is 11.8 Å². The second kappa shape index (κ2) is 6.03. The number of nitrogens with zero attached hydrogens (tertiary/aromatic N) is 1. The predicted molar refractivity (Wildman–Crippen MR) is 94.5 cm³/mol. The molecule has 1 aliphatic rings. The molecule has 0 amide bonds. The minimum absolute atomic E-state index is 0.0348. The standard InChI is InChI=1S/C19H10ClNO4/c20-13-6-7-16-14(9-13)17(22)12(10-24-16)8-15-19(23)25-18(21-15)11-4-2-1-3-5-11/h1-10H/b15-8-. The van der Waals surface area contributed by atoms with Crippen molar-refractivity contribution in [2.45, 2.75) is 0 Å². The molecule has 25 heavy (non-hydrogen) atoms. The molecule has 0 bridgehead atoms. The van der Waals surface area contributed by atoms with Crippen LogP contribution in [0.1, 0.15) is 11.1 Å². The van der Waals surface area contributed by atoms with Crippen molar-refractivity contribution in [3.05, 3.63) is 86.9 Å². The second-order valence-electron chi connectivity index (χ2n) is 5.36. The van der Waals surface area contributed by atoms with Gasteiger partial charge in [-0.3, -0.25) is 4.79 Å². The average Bonchev–Trinajstić information content (AvgIpc) is 2.99. The maximum Gasteiger partial charge on any atom is 0.363 e. The molecule has 0 spiro atoms. The summed E-state index contributed by atoms with van der Waals surface area (Å²) in [5.74, 6) is -0.422. The Morgan fingerprint density at radius 1 is 1.04 bits per heavy atom. The molecule has 2 heterocycles. The summed E-state index contributed by atoms with van der Waals surface area (Å²) in [5.41, 5.74) is 1.02. The van der Waals surface area contributed by atoms with E-state index in [9.17, 15) is 9.59 Å². The van der Waals surface area contributed by atoms with Crippen LogP contribution in [0.5, 0.6) is 0 Å². The molecule has 6 heteroatoms. The van der Waals surface area contributed by atoms with Crippen molar-refractivity contribution in [1.82, 2.24) is 0 Å². The molecular formula is C19H10ClNO4. The van der Waals surface area contributed by atoms with Gasteiger partial charge in [0.2, 0.25) is 5.90 Å². The fourth-order valence-electron chi connectivity index (χ4n) is 2.48. The van der Waals surface area contributed by atoms with E-state index < -0.39 is 5.97 Å². The lowest BCUT2D eigenvalue weighted by atomic mass is 10.1. The zero-order valence-corrected chi connectivity index (χ0v) is 13.5. The van der Waals surface area contributed by atoms with Gasteiger partial charge in [-0.2, -0.15) is 0 Å². The summed E-state index contributed by atoms with van der Waals surface area (Å²) in [6.07, 6.45) is 2.64. The number of carbonyl (C=O) groups excluding carboxylic acids is 1. The lowest BCUT2D eigenvalue weighted by Crippen LogP contribution is -2.07. The van der Waals surface area contributed by atoms with Crippen molar-refractivity contribution in [2.24, 2.45) is 4.99 Å². The first kappa shape index (κ1) is 15.4. The first-order chi connectivity index (χ1) is 12.1. The van der Waals surface area contributed by atoms with Gasteiger partial charge >= 0.3 is 5.97 Å². The molecule has 0 atom stereocenters. The molecule has 0 radical (unpaired) electrons. The van der Waals surface area contributed by atoms with Crippen LogP contribution in [0.25, 0.3) is 17.0 Å². The Labute approximate surface area is 146 Å². The van der Waals surface area contributed by atoms with E-state index in [2.05, 4.69) is 4.99 Å². The third-order valence-electron chi connectivity index (χ3n) is 3.69. The van der Waals surface area contributed by atoms with Gasteiger partial charge in [-0.15, -0.1) is 0 Å². The van der Waals surface area contributed by atoms with Crippen LogP contribution in [0.15, 0.2) is 74.7 Å². The van der Waals surface area contributed by atoms with Gasteiger partial charge in [0, 0.05) is 10.6 Å². The van der Waals surface area contributed by atoms with Crippen LogP contribution in [0.3, 0.4) is 0 Å². The number of cyclic esters (lactones) is 1. The van der Waals surface area contributed by atoms with Crippen molar-refractivity contribution in [3.63, 3.8) is 0 Å². The molecule has 0 unspecified atom stereocenters. The molecule has 122 valence electrons. The zero-order chi connectivity index (χ0) is 17.4. The minimum atomic E-state index is -0.621. The fraction of sp³-hybridized carbons (Fsp3) is 0. The molecule has 4 rings (SSSR count). The van der Waals surface area contributed by atoms with Gasteiger partial charge in [0.15, 0.2) is 11.1 Å². The van der Waals surface area contributed by atoms with Crippen molar-refractivity contribution < 1.29 is 13.9 Å². The molecule has 2 aromatic carbocycles. The van der Waals surface area contributed by atoms with Crippen LogP contribution >= 0.6 is 11.6 Å². The van der Waals surface area contributed by atoms with E-state index >= 15 is 0 Å². The number of aliphatic imine (C=N–C) groups is 1. The van der Waals surface area contributed by atoms with Gasteiger partial charge in [-0.25, -0.2) is 9.79 Å². The molecule has 1 aromatic heterocycles. The molecule has 5 nitrogen and oxygen atoms in total. The number of fused-ring (bicyclic) bond motifs is 1. The van der Waals surface area contributed by atoms with E-state index in [1.54, 1.807) is 24.3 Å². The summed E-state index contributed by atoms with van der Waals surface area (Å²) < 4.78 is 10.6. The van der Waals surface area contributed by atoms with E-state index in [-0.39, 0.29) is 22.6 Å². The molecule has 0 fully saturated rings. The highest BCUT2D eigenvalue weighted by molar-refractivity contribution is 6.31. The molecule has 0 aliphatic carbocycles. The maximum absolute atomic E-state index is 12.6. The lowest BCUT2D eigenvalue weighted by Gasteiger charge is -1.99. The number of carbonyl (C=O) groups is 1. The molecular weight excluding hydrogens is 342 g/mol. The van der Waals surface area contributed by atoms with Gasteiger partial charge in [0.25, 0.3) is 0 Å². The van der Waals surface area contributed by atoms with Crippen LogP contribution in [0.2, 0.25) is 5.02 Å². The number of hydrogen-bond donors (Lipinski definition) is 0. The van der Waals surface area contributed by atoms with Gasteiger partial charge < -0.3 is 9.15 Å². The number of halogens is 1. The number of benzene rings is 2. The summed E-state index contributed by atoms with van der Waals surface area (Å²) in [6.45, 7) is 0. The van der Waals surface area contributed by atoms with E-state index in [1.807, 2.05) is 18.2 Å². The molecule has 0 saturated carbocycles. The van der Waals surface area contributed by atoms with Crippen LogP contribution in [-0.2, 0) is 9.53 Å². The van der Waals surface area contributed by atoms with Crippen LogP contribution in [-0.4, -0.2) is 11.9 Å². The second-order valence-corrected chi connectivity index (χ2v) is 5.80. The highest BCUT2D eigenvalue weighted by Gasteiger charge is 2.24. The zero-order valence-electron chi connectivity index (χ0n) is 12.7. The van der Waals surface area contributed by atoms with Crippen molar-refractivity contribution in [2.75, 3.05) is 0 Å². The van der Waals surface area contributed by atoms with Crippen LogP contribution in [0.4, 0.5) is 0 Å². The quantitative estimate of drug-likeness (QED) is 0.520. The Balaban J connectivity index is 1.79. The topological polar surface area (TPSA) is 68.9 Å². The first-order valence-corrected chi connectivity index (χ1v) is 7.79. The van der Waals surface area contributed by atoms with Crippen molar-refractivity contribution in [1.29, 1.82) is 0 Å². The maximum atomic E-state index is 12.6. The predicted octanol–water partition coefficient (Wildman–Crippen LogP) is 3.79. The number of ether oxygens (including phenoxy) is 1. The average molecular weight is 352 g/mol.